The number of rotatable bonds is 3. The maximum Gasteiger partial charge on any atom is 0.169 e. The highest BCUT2D eigenvalue weighted by Gasteiger charge is 2.06. The van der Waals surface area contributed by atoms with Gasteiger partial charge in [0.1, 0.15) is 0 Å². The van der Waals surface area contributed by atoms with Crippen LogP contribution in [0.4, 0.5) is 5.69 Å². The third-order valence-electron chi connectivity index (χ3n) is 2.46. The summed E-state index contributed by atoms with van der Waals surface area (Å²) in [5, 5.41) is 0. The van der Waals surface area contributed by atoms with Crippen molar-refractivity contribution in [2.45, 2.75) is 6.92 Å². The van der Waals surface area contributed by atoms with Gasteiger partial charge in [0.2, 0.25) is 0 Å². The molecule has 0 atom stereocenters. The van der Waals surface area contributed by atoms with Gasteiger partial charge in [-0.15, -0.1) is 0 Å². The van der Waals surface area contributed by atoms with Crippen LogP contribution < -0.4 is 15.2 Å². The predicted molar refractivity (Wildman–Crippen MR) is 68.7 cm³/mol. The van der Waals surface area contributed by atoms with Gasteiger partial charge in [-0.25, -0.2) is 0 Å². The molecule has 88 valence electrons. The molecule has 0 saturated carbocycles. The highest BCUT2D eigenvalue weighted by Crippen LogP contribution is 2.34. The number of hydrogen-bond donors (Lipinski definition) is 1. The van der Waals surface area contributed by atoms with Crippen LogP contribution in [0, 0.1) is 6.92 Å². The van der Waals surface area contributed by atoms with E-state index < -0.39 is 0 Å². The molecule has 0 bridgehead atoms. The van der Waals surface area contributed by atoms with Crippen molar-refractivity contribution in [1.29, 1.82) is 0 Å². The first-order valence-electron chi connectivity index (χ1n) is 5.37. The molecule has 2 aromatic rings. The van der Waals surface area contributed by atoms with Gasteiger partial charge in [0.05, 0.1) is 12.8 Å². The molecule has 3 heteroatoms. The molecule has 0 fully saturated rings. The third kappa shape index (κ3) is 2.50. The van der Waals surface area contributed by atoms with Gasteiger partial charge in [-0.05, 0) is 36.8 Å². The lowest BCUT2D eigenvalue weighted by Crippen LogP contribution is -1.94. The molecule has 0 aromatic heterocycles. The number of benzene rings is 2. The minimum absolute atomic E-state index is 0.613. The van der Waals surface area contributed by atoms with Gasteiger partial charge < -0.3 is 15.2 Å². The van der Waals surface area contributed by atoms with Crippen LogP contribution in [-0.2, 0) is 0 Å². The van der Waals surface area contributed by atoms with E-state index in [0.717, 1.165) is 5.56 Å². The van der Waals surface area contributed by atoms with Crippen LogP contribution in [0.15, 0.2) is 42.5 Å². The number of hydrogen-bond acceptors (Lipinski definition) is 3. The van der Waals surface area contributed by atoms with E-state index >= 15 is 0 Å². The van der Waals surface area contributed by atoms with Crippen LogP contribution in [0.3, 0.4) is 0 Å². The third-order valence-corrected chi connectivity index (χ3v) is 2.46. The van der Waals surface area contributed by atoms with E-state index in [1.807, 2.05) is 49.4 Å². The molecule has 0 aliphatic heterocycles. The zero-order chi connectivity index (χ0) is 12.3. The van der Waals surface area contributed by atoms with Crippen molar-refractivity contribution in [3.05, 3.63) is 48.0 Å². The molecule has 0 aliphatic rings. The largest absolute Gasteiger partial charge is 0.493 e. The average Bonchev–Trinajstić information content (AvgIpc) is 2.34. The van der Waals surface area contributed by atoms with Crippen molar-refractivity contribution in [1.82, 2.24) is 0 Å². The molecule has 0 spiro atoms. The zero-order valence-corrected chi connectivity index (χ0v) is 9.94. The minimum Gasteiger partial charge on any atom is -0.493 e. The summed E-state index contributed by atoms with van der Waals surface area (Å²) >= 11 is 0. The summed E-state index contributed by atoms with van der Waals surface area (Å²) in [7, 11) is 1.61. The first kappa shape index (κ1) is 11.3. The first-order chi connectivity index (χ1) is 8.20. The Morgan fingerprint density at radius 3 is 2.35 bits per heavy atom. The van der Waals surface area contributed by atoms with Crippen LogP contribution >= 0.6 is 0 Å². The molecule has 0 heterocycles. The zero-order valence-electron chi connectivity index (χ0n) is 9.94. The SMILES string of the molecule is COc1ccccc1Oc1cc(C)ccc1N. The van der Waals surface area contributed by atoms with E-state index in [9.17, 15) is 0 Å². The van der Waals surface area contributed by atoms with E-state index in [-0.39, 0.29) is 0 Å². The topological polar surface area (TPSA) is 44.5 Å². The predicted octanol–water partition coefficient (Wildman–Crippen LogP) is 3.38. The molecule has 3 nitrogen and oxygen atoms in total. The lowest BCUT2D eigenvalue weighted by atomic mass is 10.2. The van der Waals surface area contributed by atoms with Crippen LogP contribution in [0.25, 0.3) is 0 Å². The fourth-order valence-corrected chi connectivity index (χ4v) is 1.55. The lowest BCUT2D eigenvalue weighted by Gasteiger charge is -2.12. The monoisotopic (exact) mass is 229 g/mol. The van der Waals surface area contributed by atoms with E-state index in [0.29, 0.717) is 22.9 Å². The fourth-order valence-electron chi connectivity index (χ4n) is 1.55. The normalized spacial score (nSPS) is 10.0. The minimum atomic E-state index is 0.613. The molecule has 2 aromatic carbocycles. The molecule has 17 heavy (non-hydrogen) atoms. The molecular weight excluding hydrogens is 214 g/mol. The summed E-state index contributed by atoms with van der Waals surface area (Å²) in [5.41, 5.74) is 7.58. The number of methoxy groups -OCH3 is 1. The molecular formula is C14H15NO2. The number of para-hydroxylation sites is 2. The standard InChI is InChI=1S/C14H15NO2/c1-10-7-8-11(15)14(9-10)17-13-6-4-3-5-12(13)16-2/h3-9H,15H2,1-2H3. The molecule has 2 N–H and O–H groups in total. The van der Waals surface area contributed by atoms with Gasteiger partial charge in [-0.3, -0.25) is 0 Å². The number of anilines is 1. The van der Waals surface area contributed by atoms with Gasteiger partial charge in [0.25, 0.3) is 0 Å². The second kappa shape index (κ2) is 4.78. The number of nitrogens with two attached hydrogens (primary N) is 1. The van der Waals surface area contributed by atoms with Crippen molar-refractivity contribution in [2.75, 3.05) is 12.8 Å². The number of nitrogen functional groups attached to an aromatic ring is 1. The Bertz CT molecular complexity index is 523. The summed E-state index contributed by atoms with van der Waals surface area (Å²) in [4.78, 5) is 0. The van der Waals surface area contributed by atoms with Gasteiger partial charge in [-0.2, -0.15) is 0 Å². The van der Waals surface area contributed by atoms with E-state index in [1.165, 1.54) is 0 Å². The number of ether oxygens (including phenoxy) is 2. The van der Waals surface area contributed by atoms with Crippen LogP contribution in [0.2, 0.25) is 0 Å². The van der Waals surface area contributed by atoms with Gasteiger partial charge in [0, 0.05) is 0 Å². The summed E-state index contributed by atoms with van der Waals surface area (Å²) < 4.78 is 11.0. The van der Waals surface area contributed by atoms with Crippen LogP contribution in [-0.4, -0.2) is 7.11 Å². The number of aryl methyl sites for hydroxylation is 1. The van der Waals surface area contributed by atoms with Crippen LogP contribution in [0.5, 0.6) is 17.2 Å². The lowest BCUT2D eigenvalue weighted by molar-refractivity contribution is 0.379. The van der Waals surface area contributed by atoms with E-state index in [4.69, 9.17) is 15.2 Å². The Kier molecular flexibility index (Phi) is 3.19. The molecule has 2 rings (SSSR count). The summed E-state index contributed by atoms with van der Waals surface area (Å²) in [6.07, 6.45) is 0. The highest BCUT2D eigenvalue weighted by atomic mass is 16.5. The fraction of sp³-hybridized carbons (Fsp3) is 0.143. The van der Waals surface area contributed by atoms with Gasteiger partial charge >= 0.3 is 0 Å². The van der Waals surface area contributed by atoms with Gasteiger partial charge in [0.15, 0.2) is 17.2 Å². The smallest absolute Gasteiger partial charge is 0.169 e. The first-order valence-corrected chi connectivity index (χ1v) is 5.37. The Labute approximate surface area is 101 Å². The summed E-state index contributed by atoms with van der Waals surface area (Å²) in [6, 6.07) is 13.2. The maximum absolute atomic E-state index is 5.86. The molecule has 0 saturated heterocycles. The molecule has 0 amide bonds. The molecule has 0 unspecified atom stereocenters. The molecule has 0 radical (unpaired) electrons. The Morgan fingerprint density at radius 2 is 1.65 bits per heavy atom. The van der Waals surface area contributed by atoms with E-state index in [1.54, 1.807) is 7.11 Å². The molecule has 0 aliphatic carbocycles. The average molecular weight is 229 g/mol. The Balaban J connectivity index is 2.34. The maximum atomic E-state index is 5.86. The van der Waals surface area contributed by atoms with Crippen molar-refractivity contribution < 1.29 is 9.47 Å². The quantitative estimate of drug-likeness (QED) is 0.820. The Morgan fingerprint density at radius 1 is 0.941 bits per heavy atom. The Hall–Kier alpha value is -2.16. The summed E-state index contributed by atoms with van der Waals surface area (Å²) in [6.45, 7) is 1.99. The van der Waals surface area contributed by atoms with Crippen molar-refractivity contribution in [3.63, 3.8) is 0 Å². The highest BCUT2D eigenvalue weighted by molar-refractivity contribution is 5.56. The second-order valence-electron chi connectivity index (χ2n) is 3.79. The van der Waals surface area contributed by atoms with Crippen LogP contribution in [0.1, 0.15) is 5.56 Å². The van der Waals surface area contributed by atoms with Gasteiger partial charge in [-0.1, -0.05) is 18.2 Å². The van der Waals surface area contributed by atoms with Crippen molar-refractivity contribution >= 4 is 5.69 Å². The van der Waals surface area contributed by atoms with E-state index in [2.05, 4.69) is 0 Å². The summed E-state index contributed by atoms with van der Waals surface area (Å²) in [5.74, 6) is 2.00. The second-order valence-corrected chi connectivity index (χ2v) is 3.79. The van der Waals surface area contributed by atoms with Crippen molar-refractivity contribution in [3.8, 4) is 17.2 Å². The van der Waals surface area contributed by atoms with Crippen molar-refractivity contribution in [2.24, 2.45) is 0 Å².